The van der Waals surface area contributed by atoms with Crippen LogP contribution in [0.4, 0.5) is 0 Å². The van der Waals surface area contributed by atoms with E-state index in [1.54, 1.807) is 0 Å². The average Bonchev–Trinajstić information content (AvgIpc) is 3.15. The predicted octanol–water partition coefficient (Wildman–Crippen LogP) is -0.480. The Bertz CT molecular complexity index is 674. The molecule has 5 fully saturated rings. The van der Waals surface area contributed by atoms with Crippen molar-refractivity contribution in [2.45, 2.75) is 81.4 Å². The van der Waals surface area contributed by atoms with Crippen LogP contribution >= 0.6 is 0 Å². The van der Waals surface area contributed by atoms with Gasteiger partial charge in [-0.3, -0.25) is 0 Å². The second-order valence-electron chi connectivity index (χ2n) is 9.30. The fraction of sp³-hybridized carbons (Fsp3) is 0.895. The van der Waals surface area contributed by atoms with E-state index in [4.69, 9.17) is 9.47 Å². The van der Waals surface area contributed by atoms with Crippen molar-refractivity contribution < 1.29 is 29.9 Å². The minimum Gasteiger partial charge on any atom is -0.394 e. The molecule has 0 amide bonds. The summed E-state index contributed by atoms with van der Waals surface area (Å²) in [6.07, 6.45) is 3.16. The third-order valence-electron chi connectivity index (χ3n) is 7.28. The van der Waals surface area contributed by atoms with E-state index < -0.39 is 37.3 Å². The van der Waals surface area contributed by atoms with E-state index >= 15 is 0 Å². The summed E-state index contributed by atoms with van der Waals surface area (Å²) in [6.45, 7) is -0.415. The smallest absolute Gasteiger partial charge is 0.187 e. The molecule has 4 bridgehead atoms. The van der Waals surface area contributed by atoms with E-state index in [1.807, 2.05) is 10.9 Å². The molecule has 1 aliphatic heterocycles. The Labute approximate surface area is 163 Å². The van der Waals surface area contributed by atoms with E-state index in [0.29, 0.717) is 5.69 Å². The maximum absolute atomic E-state index is 10.1. The van der Waals surface area contributed by atoms with Gasteiger partial charge in [-0.05, 0) is 56.3 Å². The molecule has 9 heteroatoms. The van der Waals surface area contributed by atoms with Crippen molar-refractivity contribution in [3.8, 4) is 0 Å². The van der Waals surface area contributed by atoms with Crippen LogP contribution in [0.25, 0.3) is 0 Å². The number of aromatic nitrogens is 3. The topological polar surface area (TPSA) is 130 Å². The van der Waals surface area contributed by atoms with Crippen LogP contribution in [0.3, 0.4) is 0 Å². The molecule has 5 atom stereocenters. The van der Waals surface area contributed by atoms with Crippen LogP contribution in [0.15, 0.2) is 6.20 Å². The molecule has 0 unspecified atom stereocenters. The van der Waals surface area contributed by atoms with E-state index in [2.05, 4.69) is 10.3 Å². The number of ether oxygens (including phenoxy) is 2. The molecule has 4 saturated carbocycles. The lowest BCUT2D eigenvalue weighted by Crippen LogP contribution is -2.59. The van der Waals surface area contributed by atoms with Crippen LogP contribution in [-0.4, -0.2) is 72.7 Å². The summed E-state index contributed by atoms with van der Waals surface area (Å²) in [7, 11) is 0. The van der Waals surface area contributed by atoms with E-state index in [9.17, 15) is 20.4 Å². The molecule has 0 aromatic carbocycles. The summed E-state index contributed by atoms with van der Waals surface area (Å²) in [5.74, 6) is 2.43. The van der Waals surface area contributed by atoms with Gasteiger partial charge in [0.1, 0.15) is 30.1 Å². The second-order valence-corrected chi connectivity index (χ2v) is 9.30. The highest BCUT2D eigenvalue weighted by atomic mass is 16.7. The summed E-state index contributed by atoms with van der Waals surface area (Å²) in [5.41, 5.74) is 0.719. The zero-order valence-electron chi connectivity index (χ0n) is 15.8. The minimum atomic E-state index is -1.45. The highest BCUT2D eigenvalue weighted by Crippen LogP contribution is 2.58. The fourth-order valence-electron chi connectivity index (χ4n) is 6.31. The molecule has 1 aromatic heterocycles. The Kier molecular flexibility index (Phi) is 4.72. The number of aliphatic hydroxyl groups is 4. The molecule has 2 heterocycles. The molecule has 4 N–H and O–H groups in total. The van der Waals surface area contributed by atoms with Crippen molar-refractivity contribution in [3.63, 3.8) is 0 Å². The Morgan fingerprint density at radius 2 is 1.68 bits per heavy atom. The summed E-state index contributed by atoms with van der Waals surface area (Å²) in [4.78, 5) is 0. The maximum Gasteiger partial charge on any atom is 0.187 e. The molecule has 0 spiro atoms. The van der Waals surface area contributed by atoms with Crippen LogP contribution in [0, 0.1) is 17.8 Å². The van der Waals surface area contributed by atoms with E-state index in [0.717, 1.165) is 17.8 Å². The average molecular weight is 395 g/mol. The van der Waals surface area contributed by atoms with Crippen molar-refractivity contribution in [1.29, 1.82) is 0 Å². The molecule has 156 valence electrons. The van der Waals surface area contributed by atoms with Crippen LogP contribution < -0.4 is 0 Å². The SMILES string of the molecule is OC[C@H]1O[C@@H](OCc2cn(C34CC5CC(CC(C5)C3)C4)nn2)[C@H](O)[C@@H](O)[C@@H]1O. The monoisotopic (exact) mass is 395 g/mol. The zero-order valence-corrected chi connectivity index (χ0v) is 15.8. The zero-order chi connectivity index (χ0) is 19.5. The van der Waals surface area contributed by atoms with Gasteiger partial charge in [0.25, 0.3) is 0 Å². The lowest BCUT2D eigenvalue weighted by Gasteiger charge is -2.56. The first kappa shape index (κ1) is 18.9. The Morgan fingerprint density at radius 3 is 2.29 bits per heavy atom. The quantitative estimate of drug-likeness (QED) is 0.526. The fourth-order valence-corrected chi connectivity index (χ4v) is 6.31. The highest BCUT2D eigenvalue weighted by molar-refractivity contribution is 5.06. The lowest BCUT2D eigenvalue weighted by atomic mass is 9.53. The third-order valence-corrected chi connectivity index (χ3v) is 7.28. The summed E-state index contributed by atoms with van der Waals surface area (Å²) in [6, 6.07) is 0. The molecule has 5 aliphatic rings. The Morgan fingerprint density at radius 1 is 1.04 bits per heavy atom. The van der Waals surface area contributed by atoms with Crippen LogP contribution in [0.5, 0.6) is 0 Å². The van der Waals surface area contributed by atoms with Gasteiger partial charge in [-0.2, -0.15) is 0 Å². The molecule has 0 radical (unpaired) electrons. The normalized spacial score (nSPS) is 47.6. The van der Waals surface area contributed by atoms with Gasteiger partial charge in [0.15, 0.2) is 6.29 Å². The van der Waals surface area contributed by atoms with Crippen molar-refractivity contribution in [1.82, 2.24) is 15.0 Å². The van der Waals surface area contributed by atoms with Crippen molar-refractivity contribution >= 4 is 0 Å². The lowest BCUT2D eigenvalue weighted by molar-refractivity contribution is -0.304. The Hall–Kier alpha value is -1.10. The largest absolute Gasteiger partial charge is 0.394 e. The third kappa shape index (κ3) is 3.09. The van der Waals surface area contributed by atoms with Gasteiger partial charge in [0.05, 0.1) is 24.9 Å². The van der Waals surface area contributed by atoms with Gasteiger partial charge in [-0.25, -0.2) is 4.68 Å². The molecular weight excluding hydrogens is 366 g/mol. The molecule has 1 aromatic rings. The molecule has 1 saturated heterocycles. The number of hydrogen-bond donors (Lipinski definition) is 4. The molecule has 9 nitrogen and oxygen atoms in total. The van der Waals surface area contributed by atoms with Crippen molar-refractivity contribution in [2.75, 3.05) is 6.61 Å². The Balaban J connectivity index is 1.25. The van der Waals surface area contributed by atoms with Crippen molar-refractivity contribution in [2.24, 2.45) is 17.8 Å². The molecule has 6 rings (SSSR count). The van der Waals surface area contributed by atoms with E-state index in [1.165, 1.54) is 38.5 Å². The standard InChI is InChI=1S/C19H29N3O6/c23-8-14-15(24)16(25)17(26)18(28-14)27-9-13-7-22(21-20-13)19-4-10-1-11(5-19)3-12(2-10)6-19/h7,10-12,14-18,23-26H,1-6,8-9H2/t10?,11?,12?,14-,15-,16+,17-,18-,19?/m1/s1. The molecular formula is C19H29N3O6. The van der Waals surface area contributed by atoms with Crippen LogP contribution in [-0.2, 0) is 21.6 Å². The number of aliphatic hydroxyl groups excluding tert-OH is 4. The first-order chi connectivity index (χ1) is 13.5. The van der Waals surface area contributed by atoms with Gasteiger partial charge in [-0.15, -0.1) is 5.10 Å². The molecule has 28 heavy (non-hydrogen) atoms. The van der Waals surface area contributed by atoms with Crippen molar-refractivity contribution in [3.05, 3.63) is 11.9 Å². The summed E-state index contributed by atoms with van der Waals surface area (Å²) < 4.78 is 13.0. The van der Waals surface area contributed by atoms with Crippen LogP contribution in [0.2, 0.25) is 0 Å². The summed E-state index contributed by atoms with van der Waals surface area (Å²) in [5, 5.41) is 47.7. The number of nitrogens with zero attached hydrogens (tertiary/aromatic N) is 3. The molecule has 4 aliphatic carbocycles. The van der Waals surface area contributed by atoms with Crippen LogP contribution in [0.1, 0.15) is 44.2 Å². The maximum atomic E-state index is 10.1. The highest BCUT2D eigenvalue weighted by Gasteiger charge is 2.52. The van der Waals surface area contributed by atoms with Gasteiger partial charge in [-0.1, -0.05) is 5.21 Å². The first-order valence-corrected chi connectivity index (χ1v) is 10.3. The number of rotatable bonds is 5. The number of hydrogen-bond acceptors (Lipinski definition) is 8. The van der Waals surface area contributed by atoms with E-state index in [-0.39, 0.29) is 12.1 Å². The summed E-state index contributed by atoms with van der Waals surface area (Å²) >= 11 is 0. The van der Waals surface area contributed by atoms with Gasteiger partial charge in [0.2, 0.25) is 0 Å². The predicted molar refractivity (Wildman–Crippen MR) is 94.7 cm³/mol. The first-order valence-electron chi connectivity index (χ1n) is 10.3. The van der Waals surface area contributed by atoms with Gasteiger partial charge in [0, 0.05) is 0 Å². The second kappa shape index (κ2) is 7.00. The van der Waals surface area contributed by atoms with Gasteiger partial charge < -0.3 is 29.9 Å². The minimum absolute atomic E-state index is 0.0645. The van der Waals surface area contributed by atoms with Gasteiger partial charge >= 0.3 is 0 Å².